The van der Waals surface area contributed by atoms with Crippen LogP contribution >= 0.6 is 11.8 Å². The molecule has 0 radical (unpaired) electrons. The fourth-order valence-electron chi connectivity index (χ4n) is 1.66. The largest absolute Gasteiger partial charge is 0.399 e. The number of nitrogens with zero attached hydrogens (tertiary/aromatic N) is 1. The summed E-state index contributed by atoms with van der Waals surface area (Å²) >= 11 is 1.90. The summed E-state index contributed by atoms with van der Waals surface area (Å²) in [7, 11) is 0. The van der Waals surface area contributed by atoms with Gasteiger partial charge in [0.2, 0.25) is 0 Å². The van der Waals surface area contributed by atoms with Gasteiger partial charge in [0.05, 0.1) is 11.3 Å². The molecule has 1 aromatic rings. The molecule has 0 aliphatic heterocycles. The molecular formula is C12H15N3S. The van der Waals surface area contributed by atoms with Crippen LogP contribution in [0.2, 0.25) is 0 Å². The fourth-order valence-corrected chi connectivity index (χ4v) is 2.38. The van der Waals surface area contributed by atoms with Gasteiger partial charge < -0.3 is 11.1 Å². The molecule has 2 rings (SSSR count). The van der Waals surface area contributed by atoms with E-state index in [1.165, 1.54) is 12.8 Å². The Morgan fingerprint density at radius 1 is 1.56 bits per heavy atom. The average Bonchev–Trinajstić information content (AvgIpc) is 3.08. The zero-order valence-electron chi connectivity index (χ0n) is 9.29. The molecule has 1 fully saturated rings. The van der Waals surface area contributed by atoms with E-state index in [-0.39, 0.29) is 0 Å². The van der Waals surface area contributed by atoms with Crippen LogP contribution in [0.3, 0.4) is 0 Å². The Labute approximate surface area is 100 Å². The Hall–Kier alpha value is -1.34. The molecule has 0 heterocycles. The third kappa shape index (κ3) is 2.25. The summed E-state index contributed by atoms with van der Waals surface area (Å²) in [6.45, 7) is 0.923. The molecule has 1 saturated carbocycles. The third-order valence-corrected chi connectivity index (χ3v) is 4.42. The first-order valence-electron chi connectivity index (χ1n) is 5.28. The van der Waals surface area contributed by atoms with E-state index in [1.54, 1.807) is 6.07 Å². The lowest BCUT2D eigenvalue weighted by atomic mass is 10.1. The summed E-state index contributed by atoms with van der Waals surface area (Å²) in [6, 6.07) is 7.57. The van der Waals surface area contributed by atoms with E-state index in [4.69, 9.17) is 11.0 Å². The van der Waals surface area contributed by atoms with Crippen molar-refractivity contribution >= 4 is 23.1 Å². The number of hydrogen-bond donors (Lipinski definition) is 2. The molecule has 0 unspecified atom stereocenters. The van der Waals surface area contributed by atoms with Crippen molar-refractivity contribution in [3.63, 3.8) is 0 Å². The highest BCUT2D eigenvalue weighted by atomic mass is 32.2. The molecule has 3 nitrogen and oxygen atoms in total. The van der Waals surface area contributed by atoms with Crippen molar-refractivity contribution in [2.45, 2.75) is 17.6 Å². The van der Waals surface area contributed by atoms with Gasteiger partial charge in [0.25, 0.3) is 0 Å². The van der Waals surface area contributed by atoms with Gasteiger partial charge in [-0.3, -0.25) is 0 Å². The molecule has 0 atom stereocenters. The number of nitrogens with one attached hydrogen (secondary N) is 1. The molecular weight excluding hydrogens is 218 g/mol. The number of nitrogens with two attached hydrogens (primary N) is 1. The van der Waals surface area contributed by atoms with Gasteiger partial charge >= 0.3 is 0 Å². The molecule has 0 bridgehead atoms. The van der Waals surface area contributed by atoms with Gasteiger partial charge in [-0.05, 0) is 37.3 Å². The van der Waals surface area contributed by atoms with Crippen LogP contribution in [0.15, 0.2) is 18.2 Å². The van der Waals surface area contributed by atoms with Gasteiger partial charge in [-0.1, -0.05) is 0 Å². The second kappa shape index (κ2) is 4.26. The van der Waals surface area contributed by atoms with Crippen LogP contribution in [0.4, 0.5) is 11.4 Å². The van der Waals surface area contributed by atoms with Crippen molar-refractivity contribution in [2.24, 2.45) is 0 Å². The topological polar surface area (TPSA) is 61.8 Å². The molecule has 1 aliphatic carbocycles. The maximum Gasteiger partial charge on any atom is 0.101 e. The van der Waals surface area contributed by atoms with Gasteiger partial charge in [-0.15, -0.1) is 0 Å². The standard InChI is InChI=1S/C12H15N3S/c1-16-12(4-5-12)8-15-11-3-2-10(14)6-9(11)7-13/h2-3,6,15H,4-5,8,14H2,1H3. The lowest BCUT2D eigenvalue weighted by molar-refractivity contribution is 0.949. The van der Waals surface area contributed by atoms with Crippen molar-refractivity contribution in [1.29, 1.82) is 5.26 Å². The summed E-state index contributed by atoms with van der Waals surface area (Å²) in [5.41, 5.74) is 7.78. The Morgan fingerprint density at radius 2 is 2.31 bits per heavy atom. The lowest BCUT2D eigenvalue weighted by Crippen LogP contribution is -2.17. The summed E-state index contributed by atoms with van der Waals surface area (Å²) in [5.74, 6) is 0. The minimum atomic E-state index is 0.397. The minimum absolute atomic E-state index is 0.397. The smallest absolute Gasteiger partial charge is 0.101 e. The van der Waals surface area contributed by atoms with E-state index in [1.807, 2.05) is 23.9 Å². The second-order valence-corrected chi connectivity index (χ2v) is 5.43. The molecule has 16 heavy (non-hydrogen) atoms. The van der Waals surface area contributed by atoms with Crippen LogP contribution in [-0.2, 0) is 0 Å². The zero-order chi connectivity index (χ0) is 11.6. The SMILES string of the molecule is CSC1(CNc2ccc(N)cc2C#N)CC1. The first-order chi connectivity index (χ1) is 7.69. The van der Waals surface area contributed by atoms with E-state index < -0.39 is 0 Å². The van der Waals surface area contributed by atoms with Crippen LogP contribution < -0.4 is 11.1 Å². The zero-order valence-corrected chi connectivity index (χ0v) is 10.1. The maximum absolute atomic E-state index is 8.99. The number of hydrogen-bond acceptors (Lipinski definition) is 4. The van der Waals surface area contributed by atoms with E-state index in [2.05, 4.69) is 17.6 Å². The monoisotopic (exact) mass is 233 g/mol. The number of nitriles is 1. The maximum atomic E-state index is 8.99. The van der Waals surface area contributed by atoms with Gasteiger partial charge in [0, 0.05) is 17.0 Å². The van der Waals surface area contributed by atoms with Gasteiger partial charge in [0.1, 0.15) is 6.07 Å². The van der Waals surface area contributed by atoms with E-state index in [0.29, 0.717) is 16.0 Å². The molecule has 0 saturated heterocycles. The van der Waals surface area contributed by atoms with Crippen LogP contribution in [-0.4, -0.2) is 17.5 Å². The van der Waals surface area contributed by atoms with Gasteiger partial charge in [-0.2, -0.15) is 17.0 Å². The van der Waals surface area contributed by atoms with Crippen LogP contribution in [0.1, 0.15) is 18.4 Å². The van der Waals surface area contributed by atoms with Gasteiger partial charge in [-0.25, -0.2) is 0 Å². The highest BCUT2D eigenvalue weighted by molar-refractivity contribution is 8.00. The molecule has 3 N–H and O–H groups in total. The van der Waals surface area contributed by atoms with Crippen LogP contribution in [0.25, 0.3) is 0 Å². The third-order valence-electron chi connectivity index (χ3n) is 3.01. The van der Waals surface area contributed by atoms with Crippen molar-refractivity contribution in [1.82, 2.24) is 0 Å². The molecule has 4 heteroatoms. The van der Waals surface area contributed by atoms with Crippen molar-refractivity contribution in [3.8, 4) is 6.07 Å². The summed E-state index contributed by atoms with van der Waals surface area (Å²) in [5, 5.41) is 12.3. The molecule has 84 valence electrons. The van der Waals surface area contributed by atoms with Crippen LogP contribution in [0.5, 0.6) is 0 Å². The normalized spacial score (nSPS) is 16.5. The molecule has 0 spiro atoms. The summed E-state index contributed by atoms with van der Waals surface area (Å²) in [4.78, 5) is 0. The number of anilines is 2. The molecule has 1 aromatic carbocycles. The minimum Gasteiger partial charge on any atom is -0.399 e. The number of thioether (sulfide) groups is 1. The first kappa shape index (κ1) is 11.2. The van der Waals surface area contributed by atoms with Crippen molar-refractivity contribution < 1.29 is 0 Å². The summed E-state index contributed by atoms with van der Waals surface area (Å²) in [6.07, 6.45) is 4.67. The number of rotatable bonds is 4. The average molecular weight is 233 g/mol. The Morgan fingerprint density at radius 3 is 2.88 bits per heavy atom. The van der Waals surface area contributed by atoms with Crippen molar-refractivity contribution in [3.05, 3.63) is 23.8 Å². The van der Waals surface area contributed by atoms with E-state index in [0.717, 1.165) is 12.2 Å². The highest BCUT2D eigenvalue weighted by Gasteiger charge is 2.41. The Bertz CT molecular complexity index is 432. The van der Waals surface area contributed by atoms with E-state index in [9.17, 15) is 0 Å². The second-order valence-electron chi connectivity index (χ2n) is 4.16. The molecule has 0 amide bonds. The quantitative estimate of drug-likeness (QED) is 0.784. The number of benzene rings is 1. The van der Waals surface area contributed by atoms with E-state index >= 15 is 0 Å². The Kier molecular flexibility index (Phi) is 2.97. The van der Waals surface area contributed by atoms with Gasteiger partial charge in [0.15, 0.2) is 0 Å². The predicted molar refractivity (Wildman–Crippen MR) is 69.5 cm³/mol. The van der Waals surface area contributed by atoms with Crippen LogP contribution in [0, 0.1) is 11.3 Å². The predicted octanol–water partition coefficient (Wildman–Crippen LogP) is 2.45. The number of nitrogen functional groups attached to an aromatic ring is 1. The summed E-state index contributed by atoms with van der Waals surface area (Å²) < 4.78 is 0.397. The lowest BCUT2D eigenvalue weighted by Gasteiger charge is -2.15. The van der Waals surface area contributed by atoms with Crippen molar-refractivity contribution in [2.75, 3.05) is 23.9 Å². The fraction of sp³-hybridized carbons (Fsp3) is 0.417. The Balaban J connectivity index is 2.07. The first-order valence-corrected chi connectivity index (χ1v) is 6.50. The highest BCUT2D eigenvalue weighted by Crippen LogP contribution is 2.47. The molecule has 1 aliphatic rings. The molecule has 0 aromatic heterocycles.